The lowest BCUT2D eigenvalue weighted by Gasteiger charge is -2.27. The van der Waals surface area contributed by atoms with Crippen LogP contribution in [0.4, 0.5) is 0 Å². The van der Waals surface area contributed by atoms with Crippen LogP contribution in [0.15, 0.2) is 22.7 Å². The van der Waals surface area contributed by atoms with Gasteiger partial charge < -0.3 is 4.57 Å². The molecular formula is C14H16BrClN2. The Hall–Kier alpha value is -0.540. The molecule has 18 heavy (non-hydrogen) atoms. The molecule has 1 aromatic heterocycles. The highest BCUT2D eigenvalue weighted by Gasteiger charge is 2.22. The Morgan fingerprint density at radius 3 is 2.89 bits per heavy atom. The summed E-state index contributed by atoms with van der Waals surface area (Å²) in [6.07, 6.45) is 4.05. The Morgan fingerprint density at radius 1 is 1.50 bits per heavy atom. The van der Waals surface area contributed by atoms with Gasteiger partial charge in [0.05, 0.1) is 16.4 Å². The van der Waals surface area contributed by atoms with Crippen molar-refractivity contribution in [3.63, 3.8) is 0 Å². The van der Waals surface area contributed by atoms with E-state index in [1.807, 2.05) is 6.92 Å². The number of hydrogen-bond donors (Lipinski definition) is 0. The van der Waals surface area contributed by atoms with E-state index >= 15 is 0 Å². The molecule has 1 fully saturated rings. The monoisotopic (exact) mass is 326 g/mol. The second kappa shape index (κ2) is 4.86. The molecule has 0 bridgehead atoms. The smallest absolute Gasteiger partial charge is 0.127 e. The van der Waals surface area contributed by atoms with Gasteiger partial charge in [-0.15, -0.1) is 11.6 Å². The molecule has 0 spiro atoms. The summed E-state index contributed by atoms with van der Waals surface area (Å²) in [6.45, 7) is 3.06. The van der Waals surface area contributed by atoms with Gasteiger partial charge in [0, 0.05) is 11.0 Å². The van der Waals surface area contributed by atoms with Gasteiger partial charge in [-0.3, -0.25) is 0 Å². The van der Waals surface area contributed by atoms with Crippen LogP contribution in [0.2, 0.25) is 0 Å². The normalized spacial score (nSPS) is 17.9. The first kappa shape index (κ1) is 12.5. The Labute approximate surface area is 120 Å². The standard InChI is InChI=1S/C14H16BrClN2/c1-9(16)14-17-12-7-11(15)5-6-13(12)18(14)8-10-3-2-4-10/h5-7,9-10H,2-4,8H2,1H3. The molecule has 1 aromatic carbocycles. The van der Waals surface area contributed by atoms with Crippen molar-refractivity contribution in [1.82, 2.24) is 9.55 Å². The van der Waals surface area contributed by atoms with Crippen molar-refractivity contribution in [3.8, 4) is 0 Å². The van der Waals surface area contributed by atoms with E-state index in [1.165, 1.54) is 24.8 Å². The molecule has 1 heterocycles. The lowest BCUT2D eigenvalue weighted by molar-refractivity contribution is 0.276. The highest BCUT2D eigenvalue weighted by molar-refractivity contribution is 9.10. The van der Waals surface area contributed by atoms with Crippen LogP contribution >= 0.6 is 27.5 Å². The first-order chi connectivity index (χ1) is 8.65. The van der Waals surface area contributed by atoms with Gasteiger partial charge in [0.25, 0.3) is 0 Å². The van der Waals surface area contributed by atoms with E-state index in [9.17, 15) is 0 Å². The van der Waals surface area contributed by atoms with Gasteiger partial charge >= 0.3 is 0 Å². The molecule has 0 N–H and O–H groups in total. The number of hydrogen-bond acceptors (Lipinski definition) is 1. The minimum Gasteiger partial charge on any atom is -0.326 e. The summed E-state index contributed by atoms with van der Waals surface area (Å²) in [5, 5.41) is -0.0451. The van der Waals surface area contributed by atoms with Crippen LogP contribution in [0.1, 0.15) is 37.4 Å². The zero-order valence-electron chi connectivity index (χ0n) is 10.4. The molecule has 0 amide bonds. The van der Waals surface area contributed by atoms with Crippen molar-refractivity contribution >= 4 is 38.6 Å². The number of benzene rings is 1. The number of halogens is 2. The Morgan fingerprint density at radius 2 is 2.28 bits per heavy atom. The lowest BCUT2D eigenvalue weighted by atomic mass is 9.85. The van der Waals surface area contributed by atoms with Gasteiger partial charge in [0.15, 0.2) is 0 Å². The number of imidazole rings is 1. The van der Waals surface area contributed by atoms with Crippen LogP contribution in [0.25, 0.3) is 11.0 Å². The molecule has 0 saturated heterocycles. The van der Waals surface area contributed by atoms with Gasteiger partial charge in [-0.25, -0.2) is 4.98 Å². The summed E-state index contributed by atoms with van der Waals surface area (Å²) in [4.78, 5) is 4.69. The molecular weight excluding hydrogens is 312 g/mol. The van der Waals surface area contributed by atoms with E-state index in [2.05, 4.69) is 43.7 Å². The fourth-order valence-corrected chi connectivity index (χ4v) is 3.07. The fourth-order valence-electron chi connectivity index (χ4n) is 2.55. The number of aromatic nitrogens is 2. The second-order valence-electron chi connectivity index (χ2n) is 5.13. The zero-order chi connectivity index (χ0) is 12.7. The number of nitrogens with zero attached hydrogens (tertiary/aromatic N) is 2. The van der Waals surface area contributed by atoms with Crippen molar-refractivity contribution in [2.45, 2.75) is 38.1 Å². The zero-order valence-corrected chi connectivity index (χ0v) is 12.7. The first-order valence-electron chi connectivity index (χ1n) is 6.45. The topological polar surface area (TPSA) is 17.8 Å². The molecule has 1 saturated carbocycles. The minimum atomic E-state index is -0.0451. The number of fused-ring (bicyclic) bond motifs is 1. The average molecular weight is 328 g/mol. The van der Waals surface area contributed by atoms with Gasteiger partial charge in [-0.05, 0) is 43.9 Å². The van der Waals surface area contributed by atoms with Crippen molar-refractivity contribution in [1.29, 1.82) is 0 Å². The highest BCUT2D eigenvalue weighted by Crippen LogP contribution is 2.32. The van der Waals surface area contributed by atoms with Crippen LogP contribution < -0.4 is 0 Å². The minimum absolute atomic E-state index is 0.0451. The fraction of sp³-hybridized carbons (Fsp3) is 0.500. The Kier molecular flexibility index (Phi) is 3.37. The third-order valence-electron chi connectivity index (χ3n) is 3.76. The lowest BCUT2D eigenvalue weighted by Crippen LogP contribution is -2.19. The van der Waals surface area contributed by atoms with Crippen LogP contribution in [0, 0.1) is 5.92 Å². The third kappa shape index (κ3) is 2.19. The predicted molar refractivity (Wildman–Crippen MR) is 79.0 cm³/mol. The molecule has 1 aliphatic carbocycles. The average Bonchev–Trinajstić information content (AvgIpc) is 2.61. The molecule has 1 unspecified atom stereocenters. The van der Waals surface area contributed by atoms with E-state index in [1.54, 1.807) is 0 Å². The first-order valence-corrected chi connectivity index (χ1v) is 7.68. The highest BCUT2D eigenvalue weighted by atomic mass is 79.9. The Balaban J connectivity index is 2.08. The predicted octanol–water partition coefficient (Wildman–Crippen LogP) is 4.90. The van der Waals surface area contributed by atoms with Crippen LogP contribution in [-0.2, 0) is 6.54 Å². The molecule has 3 rings (SSSR count). The van der Waals surface area contributed by atoms with Gasteiger partial charge in [0.1, 0.15) is 5.82 Å². The van der Waals surface area contributed by atoms with E-state index < -0.39 is 0 Å². The molecule has 2 aromatic rings. The van der Waals surface area contributed by atoms with Crippen molar-refractivity contribution in [2.75, 3.05) is 0 Å². The molecule has 2 nitrogen and oxygen atoms in total. The summed E-state index contributed by atoms with van der Waals surface area (Å²) >= 11 is 9.77. The summed E-state index contributed by atoms with van der Waals surface area (Å²) in [6, 6.07) is 6.27. The molecule has 0 aliphatic heterocycles. The van der Waals surface area contributed by atoms with Crippen LogP contribution in [0.5, 0.6) is 0 Å². The number of alkyl halides is 1. The summed E-state index contributed by atoms with van der Waals surface area (Å²) in [7, 11) is 0. The van der Waals surface area contributed by atoms with Gasteiger partial charge in [-0.2, -0.15) is 0 Å². The molecule has 4 heteroatoms. The number of rotatable bonds is 3. The van der Waals surface area contributed by atoms with E-state index in [0.717, 1.165) is 28.3 Å². The van der Waals surface area contributed by atoms with E-state index in [0.29, 0.717) is 0 Å². The summed E-state index contributed by atoms with van der Waals surface area (Å²) < 4.78 is 3.38. The van der Waals surface area contributed by atoms with Gasteiger partial charge in [-0.1, -0.05) is 22.4 Å². The summed E-state index contributed by atoms with van der Waals surface area (Å²) in [5.74, 6) is 1.80. The van der Waals surface area contributed by atoms with Crippen molar-refractivity contribution in [2.24, 2.45) is 5.92 Å². The summed E-state index contributed by atoms with van der Waals surface area (Å²) in [5.41, 5.74) is 2.23. The molecule has 1 aliphatic rings. The van der Waals surface area contributed by atoms with Crippen LogP contribution in [-0.4, -0.2) is 9.55 Å². The quantitative estimate of drug-likeness (QED) is 0.733. The molecule has 0 radical (unpaired) electrons. The maximum atomic E-state index is 6.27. The van der Waals surface area contributed by atoms with Crippen LogP contribution in [0.3, 0.4) is 0 Å². The molecule has 1 atom stereocenters. The SMILES string of the molecule is CC(Cl)c1nc2cc(Br)ccc2n1CC1CCC1. The maximum absolute atomic E-state index is 6.27. The van der Waals surface area contributed by atoms with E-state index in [-0.39, 0.29) is 5.38 Å². The van der Waals surface area contributed by atoms with E-state index in [4.69, 9.17) is 11.6 Å². The largest absolute Gasteiger partial charge is 0.326 e. The Bertz CT molecular complexity index is 572. The second-order valence-corrected chi connectivity index (χ2v) is 6.70. The van der Waals surface area contributed by atoms with Crippen molar-refractivity contribution in [3.05, 3.63) is 28.5 Å². The third-order valence-corrected chi connectivity index (χ3v) is 4.45. The maximum Gasteiger partial charge on any atom is 0.127 e. The van der Waals surface area contributed by atoms with Gasteiger partial charge in [0.2, 0.25) is 0 Å². The molecule has 96 valence electrons. The van der Waals surface area contributed by atoms with Crippen molar-refractivity contribution < 1.29 is 0 Å².